The van der Waals surface area contributed by atoms with Crippen molar-refractivity contribution in [2.75, 3.05) is 12.0 Å². The van der Waals surface area contributed by atoms with E-state index < -0.39 is 0 Å². The van der Waals surface area contributed by atoms with Crippen molar-refractivity contribution in [2.45, 2.75) is 39.3 Å². The highest BCUT2D eigenvalue weighted by Gasteiger charge is 2.14. The van der Waals surface area contributed by atoms with Crippen molar-refractivity contribution in [3.63, 3.8) is 0 Å². The molecule has 1 N–H and O–H groups in total. The monoisotopic (exact) mass is 310 g/mol. The molecule has 0 aliphatic carbocycles. The number of hydrogen-bond acceptors (Lipinski definition) is 3. The Hall–Kier alpha value is -0.940. The van der Waals surface area contributed by atoms with Crippen LogP contribution in [0.2, 0.25) is 0 Å². The highest BCUT2D eigenvalue weighted by atomic mass is 32.2. The van der Waals surface area contributed by atoms with Crippen LogP contribution in [0.25, 0.3) is 11.0 Å². The van der Waals surface area contributed by atoms with Crippen molar-refractivity contribution in [3.8, 4) is 5.75 Å². The predicted molar refractivity (Wildman–Crippen MR) is 90.6 cm³/mol. The molecule has 0 bridgehead atoms. The van der Waals surface area contributed by atoms with E-state index in [4.69, 9.17) is 17.0 Å². The van der Waals surface area contributed by atoms with Gasteiger partial charge in [0.25, 0.3) is 0 Å². The van der Waals surface area contributed by atoms with E-state index in [2.05, 4.69) is 28.8 Å². The molecule has 1 unspecified atom stereocenters. The fourth-order valence-corrected chi connectivity index (χ4v) is 3.29. The summed E-state index contributed by atoms with van der Waals surface area (Å²) in [6.45, 7) is 6.28. The van der Waals surface area contributed by atoms with Crippen LogP contribution in [0.5, 0.6) is 5.75 Å². The van der Waals surface area contributed by atoms with E-state index in [0.29, 0.717) is 6.04 Å². The molecular weight excluding hydrogens is 288 g/mol. The van der Waals surface area contributed by atoms with Crippen molar-refractivity contribution >= 4 is 35.0 Å². The van der Waals surface area contributed by atoms with Crippen LogP contribution >= 0.6 is 24.0 Å². The fourth-order valence-electron chi connectivity index (χ4n) is 2.33. The van der Waals surface area contributed by atoms with E-state index in [0.717, 1.165) is 33.7 Å². The number of aromatic amines is 1. The molecule has 2 rings (SSSR count). The summed E-state index contributed by atoms with van der Waals surface area (Å²) in [5.74, 6) is 2.01. The Labute approximate surface area is 129 Å². The van der Waals surface area contributed by atoms with Gasteiger partial charge in [-0.15, -0.1) is 0 Å². The number of hydrogen-bond donors (Lipinski definition) is 1. The molecule has 0 amide bonds. The highest BCUT2D eigenvalue weighted by Crippen LogP contribution is 2.29. The van der Waals surface area contributed by atoms with Crippen LogP contribution in [0.15, 0.2) is 18.2 Å². The number of fused-ring (bicyclic) bond motifs is 1. The molecule has 0 saturated heterocycles. The standard InChI is InChI=1S/C15H22N2OS2/c1-10(2)18-13-7-5-6-12-14(13)16-15(19)17(12)11(3)8-9-20-4/h5-7,10-11H,8-9H2,1-4H3,(H,16,19). The van der Waals surface area contributed by atoms with Gasteiger partial charge in [-0.25, -0.2) is 0 Å². The second-order valence-electron chi connectivity index (χ2n) is 5.25. The molecular formula is C15H22N2OS2. The smallest absolute Gasteiger partial charge is 0.178 e. The highest BCUT2D eigenvalue weighted by molar-refractivity contribution is 7.98. The van der Waals surface area contributed by atoms with Crippen LogP contribution in [0.3, 0.4) is 0 Å². The summed E-state index contributed by atoms with van der Waals surface area (Å²) < 4.78 is 8.84. The lowest BCUT2D eigenvalue weighted by atomic mass is 10.2. The number of thioether (sulfide) groups is 1. The maximum absolute atomic E-state index is 5.86. The molecule has 20 heavy (non-hydrogen) atoms. The quantitative estimate of drug-likeness (QED) is 0.777. The Morgan fingerprint density at radius 1 is 1.35 bits per heavy atom. The lowest BCUT2D eigenvalue weighted by molar-refractivity contribution is 0.245. The number of imidazole rings is 1. The molecule has 1 atom stereocenters. The fraction of sp³-hybridized carbons (Fsp3) is 0.533. The number of H-pyrrole nitrogens is 1. The van der Waals surface area contributed by atoms with E-state index in [1.165, 1.54) is 0 Å². The van der Waals surface area contributed by atoms with Gasteiger partial charge in [-0.05, 0) is 63.6 Å². The van der Waals surface area contributed by atoms with Crippen LogP contribution in [0.1, 0.15) is 33.2 Å². The average molecular weight is 310 g/mol. The Bertz CT molecular complexity index is 630. The van der Waals surface area contributed by atoms with Crippen LogP contribution < -0.4 is 4.74 Å². The number of para-hydroxylation sites is 1. The van der Waals surface area contributed by atoms with Gasteiger partial charge in [-0.3, -0.25) is 0 Å². The van der Waals surface area contributed by atoms with Crippen molar-refractivity contribution in [1.82, 2.24) is 9.55 Å². The molecule has 0 saturated carbocycles. The van der Waals surface area contributed by atoms with Gasteiger partial charge < -0.3 is 14.3 Å². The third-order valence-electron chi connectivity index (χ3n) is 3.26. The summed E-state index contributed by atoms with van der Waals surface area (Å²) in [5, 5.41) is 0. The SMILES string of the molecule is CSCCC(C)n1c(=S)[nH]c2c(OC(C)C)cccc21. The molecule has 0 spiro atoms. The summed E-state index contributed by atoms with van der Waals surface area (Å²) in [7, 11) is 0. The maximum Gasteiger partial charge on any atom is 0.178 e. The molecule has 1 heterocycles. The zero-order valence-corrected chi connectivity index (χ0v) is 14.1. The first kappa shape index (κ1) is 15.4. The Morgan fingerprint density at radius 2 is 2.10 bits per heavy atom. The van der Waals surface area contributed by atoms with Crippen LogP contribution in [-0.2, 0) is 0 Å². The molecule has 3 nitrogen and oxygen atoms in total. The lowest BCUT2D eigenvalue weighted by Crippen LogP contribution is -2.07. The number of aromatic nitrogens is 2. The molecule has 1 aromatic carbocycles. The molecule has 0 aliphatic heterocycles. The molecule has 5 heteroatoms. The van der Waals surface area contributed by atoms with Crippen molar-refractivity contribution in [1.29, 1.82) is 0 Å². The molecule has 110 valence electrons. The summed E-state index contributed by atoms with van der Waals surface area (Å²) >= 11 is 7.37. The Balaban J connectivity index is 2.46. The largest absolute Gasteiger partial charge is 0.489 e. The van der Waals surface area contributed by atoms with Gasteiger partial charge in [-0.1, -0.05) is 6.07 Å². The predicted octanol–water partition coefficient (Wildman–Crippen LogP) is 4.80. The molecule has 0 aliphatic rings. The number of rotatable bonds is 6. The minimum atomic E-state index is 0.153. The Kier molecular flexibility index (Phi) is 5.16. The van der Waals surface area contributed by atoms with Crippen LogP contribution in [0.4, 0.5) is 0 Å². The molecule has 1 aromatic heterocycles. The normalized spacial score (nSPS) is 13.1. The first-order valence-corrected chi connectivity index (χ1v) is 8.73. The van der Waals surface area contributed by atoms with Gasteiger partial charge in [0, 0.05) is 6.04 Å². The Morgan fingerprint density at radius 3 is 2.75 bits per heavy atom. The second-order valence-corrected chi connectivity index (χ2v) is 6.62. The average Bonchev–Trinajstić information content (AvgIpc) is 2.73. The first-order valence-electron chi connectivity index (χ1n) is 6.93. The van der Waals surface area contributed by atoms with Crippen LogP contribution in [-0.4, -0.2) is 27.7 Å². The summed E-state index contributed by atoms with van der Waals surface area (Å²) in [6.07, 6.45) is 3.40. The third kappa shape index (κ3) is 3.20. The first-order chi connectivity index (χ1) is 9.54. The summed E-state index contributed by atoms with van der Waals surface area (Å²) in [6, 6.07) is 6.51. The zero-order valence-electron chi connectivity index (χ0n) is 12.5. The minimum absolute atomic E-state index is 0.153. The van der Waals surface area contributed by atoms with Gasteiger partial charge in [0.2, 0.25) is 0 Å². The summed E-state index contributed by atoms with van der Waals surface area (Å²) in [5.41, 5.74) is 2.13. The van der Waals surface area contributed by atoms with Gasteiger partial charge in [0.05, 0.1) is 11.6 Å². The molecule has 0 radical (unpaired) electrons. The van der Waals surface area contributed by atoms with Gasteiger partial charge >= 0.3 is 0 Å². The second kappa shape index (κ2) is 6.68. The van der Waals surface area contributed by atoms with Crippen molar-refractivity contribution in [3.05, 3.63) is 23.0 Å². The lowest BCUT2D eigenvalue weighted by Gasteiger charge is -2.15. The van der Waals surface area contributed by atoms with E-state index in [9.17, 15) is 0 Å². The summed E-state index contributed by atoms with van der Waals surface area (Å²) in [4.78, 5) is 3.30. The number of nitrogens with zero attached hydrogens (tertiary/aromatic N) is 1. The van der Waals surface area contributed by atoms with E-state index >= 15 is 0 Å². The third-order valence-corrected chi connectivity index (χ3v) is 4.20. The van der Waals surface area contributed by atoms with E-state index in [1.54, 1.807) is 0 Å². The van der Waals surface area contributed by atoms with Gasteiger partial charge in [-0.2, -0.15) is 11.8 Å². The maximum atomic E-state index is 5.86. The van der Waals surface area contributed by atoms with E-state index in [-0.39, 0.29) is 6.10 Å². The van der Waals surface area contributed by atoms with Crippen LogP contribution in [0, 0.1) is 4.77 Å². The number of nitrogens with one attached hydrogen (secondary N) is 1. The van der Waals surface area contributed by atoms with E-state index in [1.807, 2.05) is 37.7 Å². The zero-order chi connectivity index (χ0) is 14.7. The molecule has 0 fully saturated rings. The van der Waals surface area contributed by atoms with Crippen molar-refractivity contribution < 1.29 is 4.74 Å². The minimum Gasteiger partial charge on any atom is -0.489 e. The van der Waals surface area contributed by atoms with Gasteiger partial charge in [0.1, 0.15) is 11.3 Å². The number of ether oxygens (including phenoxy) is 1. The number of benzene rings is 1. The van der Waals surface area contributed by atoms with Crippen molar-refractivity contribution in [2.24, 2.45) is 0 Å². The molecule has 2 aromatic rings. The topological polar surface area (TPSA) is 29.9 Å². The van der Waals surface area contributed by atoms with Gasteiger partial charge in [0.15, 0.2) is 4.77 Å².